The Morgan fingerprint density at radius 1 is 1.29 bits per heavy atom. The molecule has 0 radical (unpaired) electrons. The fraction of sp³-hybridized carbons (Fsp3) is 0.385. The van der Waals surface area contributed by atoms with E-state index in [1.165, 1.54) is 11.9 Å². The van der Waals surface area contributed by atoms with Crippen LogP contribution in [0.25, 0.3) is 0 Å². The van der Waals surface area contributed by atoms with Gasteiger partial charge in [0.05, 0.1) is 6.10 Å². The first-order valence-corrected chi connectivity index (χ1v) is 5.80. The van der Waals surface area contributed by atoms with Crippen molar-refractivity contribution in [2.24, 2.45) is 7.05 Å². The fourth-order valence-electron chi connectivity index (χ4n) is 1.77. The standard InChI is InChI=1S/C13H17N3O/c1-3-10-4-6-11(7-5-10)12(17)8-13-14-9-15-16(13)2/h4-7,9,12,17H,3,8H2,1-2H3. The normalized spacial score (nSPS) is 12.6. The molecule has 2 rings (SSSR count). The molecule has 0 aliphatic rings. The number of hydrogen-bond acceptors (Lipinski definition) is 3. The highest BCUT2D eigenvalue weighted by Gasteiger charge is 2.11. The van der Waals surface area contributed by atoms with E-state index in [1.54, 1.807) is 4.68 Å². The van der Waals surface area contributed by atoms with E-state index in [2.05, 4.69) is 29.1 Å². The van der Waals surface area contributed by atoms with Crippen molar-refractivity contribution < 1.29 is 5.11 Å². The van der Waals surface area contributed by atoms with Gasteiger partial charge in [-0.2, -0.15) is 5.10 Å². The van der Waals surface area contributed by atoms with E-state index >= 15 is 0 Å². The Morgan fingerprint density at radius 3 is 2.53 bits per heavy atom. The minimum absolute atomic E-state index is 0.488. The molecule has 0 bridgehead atoms. The van der Waals surface area contributed by atoms with Crippen molar-refractivity contribution >= 4 is 0 Å². The van der Waals surface area contributed by atoms with Gasteiger partial charge in [0.25, 0.3) is 0 Å². The first-order valence-electron chi connectivity index (χ1n) is 5.80. The fourth-order valence-corrected chi connectivity index (χ4v) is 1.77. The molecule has 1 unspecified atom stereocenters. The molecule has 0 fully saturated rings. The predicted octanol–water partition coefficient (Wildman–Crippen LogP) is 1.65. The quantitative estimate of drug-likeness (QED) is 0.870. The summed E-state index contributed by atoms with van der Waals surface area (Å²) in [7, 11) is 1.83. The highest BCUT2D eigenvalue weighted by Crippen LogP contribution is 2.17. The van der Waals surface area contributed by atoms with Crippen molar-refractivity contribution in [2.45, 2.75) is 25.9 Å². The van der Waals surface area contributed by atoms with Crippen LogP contribution in [0.5, 0.6) is 0 Å². The third-order valence-electron chi connectivity index (χ3n) is 2.95. The molecule has 1 aromatic carbocycles. The van der Waals surface area contributed by atoms with Crippen LogP contribution in [-0.4, -0.2) is 19.9 Å². The Labute approximate surface area is 101 Å². The monoisotopic (exact) mass is 231 g/mol. The number of aliphatic hydroxyl groups excluding tert-OH is 1. The van der Waals surface area contributed by atoms with Crippen LogP contribution in [0.2, 0.25) is 0 Å². The lowest BCUT2D eigenvalue weighted by Gasteiger charge is -2.10. The Balaban J connectivity index is 2.09. The summed E-state index contributed by atoms with van der Waals surface area (Å²) in [5, 5.41) is 14.1. The summed E-state index contributed by atoms with van der Waals surface area (Å²) in [6, 6.07) is 8.05. The summed E-state index contributed by atoms with van der Waals surface area (Å²) in [4.78, 5) is 4.11. The van der Waals surface area contributed by atoms with Crippen molar-refractivity contribution in [3.8, 4) is 0 Å². The van der Waals surface area contributed by atoms with Crippen LogP contribution in [0.1, 0.15) is 30.0 Å². The topological polar surface area (TPSA) is 50.9 Å². The molecule has 4 nitrogen and oxygen atoms in total. The first-order chi connectivity index (χ1) is 8.20. The molecule has 0 aliphatic carbocycles. The number of aliphatic hydroxyl groups is 1. The van der Waals surface area contributed by atoms with E-state index in [0.29, 0.717) is 6.42 Å². The zero-order valence-electron chi connectivity index (χ0n) is 10.2. The number of aromatic nitrogens is 3. The molecule has 17 heavy (non-hydrogen) atoms. The summed E-state index contributed by atoms with van der Waals surface area (Å²) < 4.78 is 1.68. The summed E-state index contributed by atoms with van der Waals surface area (Å²) in [6.45, 7) is 2.12. The van der Waals surface area contributed by atoms with Crippen LogP contribution in [-0.2, 0) is 19.9 Å². The summed E-state index contributed by atoms with van der Waals surface area (Å²) in [5.41, 5.74) is 2.20. The molecule has 1 atom stereocenters. The average molecular weight is 231 g/mol. The Bertz CT molecular complexity index is 476. The van der Waals surface area contributed by atoms with Crippen LogP contribution in [0.15, 0.2) is 30.6 Å². The molecule has 4 heteroatoms. The van der Waals surface area contributed by atoms with Gasteiger partial charge in [0, 0.05) is 13.5 Å². The van der Waals surface area contributed by atoms with Crippen molar-refractivity contribution in [3.05, 3.63) is 47.5 Å². The van der Waals surface area contributed by atoms with Crippen LogP contribution < -0.4 is 0 Å². The second-order valence-corrected chi connectivity index (χ2v) is 4.11. The maximum atomic E-state index is 10.1. The maximum Gasteiger partial charge on any atom is 0.138 e. The van der Waals surface area contributed by atoms with Gasteiger partial charge in [0.15, 0.2) is 0 Å². The Hall–Kier alpha value is -1.68. The van der Waals surface area contributed by atoms with Crippen molar-refractivity contribution in [2.75, 3.05) is 0 Å². The second-order valence-electron chi connectivity index (χ2n) is 4.11. The molecule has 0 amide bonds. The van der Waals surface area contributed by atoms with Crippen molar-refractivity contribution in [1.82, 2.24) is 14.8 Å². The van der Waals surface area contributed by atoms with Gasteiger partial charge in [-0.15, -0.1) is 0 Å². The first kappa shape index (κ1) is 11.8. The lowest BCUT2D eigenvalue weighted by Crippen LogP contribution is -2.07. The second kappa shape index (κ2) is 5.10. The molecule has 0 spiro atoms. The lowest BCUT2D eigenvalue weighted by atomic mass is 10.0. The molecule has 1 aromatic heterocycles. The van der Waals surface area contributed by atoms with E-state index in [0.717, 1.165) is 17.8 Å². The van der Waals surface area contributed by atoms with Crippen LogP contribution in [0.3, 0.4) is 0 Å². The van der Waals surface area contributed by atoms with Crippen molar-refractivity contribution in [3.63, 3.8) is 0 Å². The number of rotatable bonds is 4. The smallest absolute Gasteiger partial charge is 0.138 e. The van der Waals surface area contributed by atoms with Gasteiger partial charge in [0.1, 0.15) is 12.2 Å². The van der Waals surface area contributed by atoms with Gasteiger partial charge in [-0.25, -0.2) is 4.98 Å². The van der Waals surface area contributed by atoms with E-state index in [9.17, 15) is 5.11 Å². The summed E-state index contributed by atoms with van der Waals surface area (Å²) in [5.74, 6) is 0.789. The minimum Gasteiger partial charge on any atom is -0.388 e. The summed E-state index contributed by atoms with van der Waals surface area (Å²) >= 11 is 0. The zero-order valence-corrected chi connectivity index (χ0v) is 10.2. The van der Waals surface area contributed by atoms with E-state index < -0.39 is 6.10 Å². The SMILES string of the molecule is CCc1ccc(C(O)Cc2ncnn2C)cc1. The van der Waals surface area contributed by atoms with Crippen LogP contribution in [0.4, 0.5) is 0 Å². The van der Waals surface area contributed by atoms with Gasteiger partial charge in [-0.05, 0) is 17.5 Å². The molecular formula is C13H17N3O. The van der Waals surface area contributed by atoms with E-state index in [4.69, 9.17) is 0 Å². The molecule has 0 aliphatic heterocycles. The molecule has 1 N–H and O–H groups in total. The zero-order chi connectivity index (χ0) is 12.3. The third-order valence-corrected chi connectivity index (χ3v) is 2.95. The van der Waals surface area contributed by atoms with Gasteiger partial charge in [-0.3, -0.25) is 4.68 Å². The molecule has 90 valence electrons. The van der Waals surface area contributed by atoms with Crippen LogP contribution in [0, 0.1) is 0 Å². The van der Waals surface area contributed by atoms with Gasteiger partial charge in [-0.1, -0.05) is 31.2 Å². The molecule has 0 saturated carbocycles. The Morgan fingerprint density at radius 2 is 2.00 bits per heavy atom. The van der Waals surface area contributed by atoms with Gasteiger partial charge >= 0.3 is 0 Å². The van der Waals surface area contributed by atoms with Gasteiger partial charge < -0.3 is 5.11 Å². The largest absolute Gasteiger partial charge is 0.388 e. The average Bonchev–Trinajstić information content (AvgIpc) is 2.75. The maximum absolute atomic E-state index is 10.1. The molecule has 2 aromatic rings. The van der Waals surface area contributed by atoms with Crippen LogP contribution >= 0.6 is 0 Å². The Kier molecular flexibility index (Phi) is 3.54. The molecule has 1 heterocycles. The number of aryl methyl sites for hydroxylation is 2. The number of hydrogen-bond donors (Lipinski definition) is 1. The molecular weight excluding hydrogens is 214 g/mol. The van der Waals surface area contributed by atoms with E-state index in [-0.39, 0.29) is 0 Å². The number of nitrogens with zero attached hydrogens (tertiary/aromatic N) is 3. The molecule has 0 saturated heterocycles. The highest BCUT2D eigenvalue weighted by atomic mass is 16.3. The highest BCUT2D eigenvalue weighted by molar-refractivity contribution is 5.24. The lowest BCUT2D eigenvalue weighted by molar-refractivity contribution is 0.174. The van der Waals surface area contributed by atoms with E-state index in [1.807, 2.05) is 19.2 Å². The van der Waals surface area contributed by atoms with Gasteiger partial charge in [0.2, 0.25) is 0 Å². The summed E-state index contributed by atoms with van der Waals surface area (Å²) in [6.07, 6.45) is 2.48. The third kappa shape index (κ3) is 2.71. The predicted molar refractivity (Wildman–Crippen MR) is 65.5 cm³/mol. The minimum atomic E-state index is -0.524. The number of benzene rings is 1. The van der Waals surface area contributed by atoms with Crippen molar-refractivity contribution in [1.29, 1.82) is 0 Å².